The molecule has 0 aliphatic rings. The highest BCUT2D eigenvalue weighted by molar-refractivity contribution is 5.89. The third-order valence-electron chi connectivity index (χ3n) is 3.46. The third kappa shape index (κ3) is 5.83. The summed E-state index contributed by atoms with van der Waals surface area (Å²) >= 11 is 0. The van der Waals surface area contributed by atoms with Gasteiger partial charge in [-0.1, -0.05) is 12.1 Å². The number of ether oxygens (including phenoxy) is 1. The summed E-state index contributed by atoms with van der Waals surface area (Å²) in [4.78, 5) is 11.6. The van der Waals surface area contributed by atoms with E-state index in [4.69, 9.17) is 4.74 Å². The van der Waals surface area contributed by atoms with Crippen molar-refractivity contribution in [2.24, 2.45) is 0 Å². The predicted molar refractivity (Wildman–Crippen MR) is 98.9 cm³/mol. The number of urea groups is 1. The van der Waals surface area contributed by atoms with E-state index >= 15 is 0 Å². The maximum absolute atomic E-state index is 11.6. The summed E-state index contributed by atoms with van der Waals surface area (Å²) in [5, 5.41) is 8.97. The molecule has 5 heteroatoms. The monoisotopic (exact) mass is 327 g/mol. The summed E-state index contributed by atoms with van der Waals surface area (Å²) in [6.45, 7) is 4.69. The van der Waals surface area contributed by atoms with Crippen LogP contribution in [-0.4, -0.2) is 25.7 Å². The van der Waals surface area contributed by atoms with Crippen LogP contribution >= 0.6 is 0 Å². The standard InChI is InChI=1S/C19H25N3O2/c1-14(2)21-19(23)22-17-8-6-16(7-9-17)20-13-12-15-4-10-18(24-3)11-5-15/h4-11,14,20H,12-13H2,1-3H3,(H2,21,22,23). The molecule has 0 unspecified atom stereocenters. The van der Waals surface area contributed by atoms with Crippen molar-refractivity contribution in [2.75, 3.05) is 24.3 Å². The van der Waals surface area contributed by atoms with Crippen molar-refractivity contribution in [2.45, 2.75) is 26.3 Å². The topological polar surface area (TPSA) is 62.4 Å². The van der Waals surface area contributed by atoms with Crippen molar-refractivity contribution in [3.8, 4) is 5.75 Å². The normalized spacial score (nSPS) is 10.3. The van der Waals surface area contributed by atoms with Gasteiger partial charge in [0.05, 0.1) is 7.11 Å². The molecule has 0 atom stereocenters. The van der Waals surface area contributed by atoms with Crippen LogP contribution in [-0.2, 0) is 6.42 Å². The molecule has 0 fully saturated rings. The predicted octanol–water partition coefficient (Wildman–Crippen LogP) is 3.88. The van der Waals surface area contributed by atoms with Gasteiger partial charge in [-0.3, -0.25) is 0 Å². The quantitative estimate of drug-likeness (QED) is 0.723. The molecular weight excluding hydrogens is 302 g/mol. The number of hydrogen-bond acceptors (Lipinski definition) is 3. The highest BCUT2D eigenvalue weighted by atomic mass is 16.5. The molecule has 0 bridgehead atoms. The van der Waals surface area contributed by atoms with Gasteiger partial charge in [-0.15, -0.1) is 0 Å². The Morgan fingerprint density at radius 2 is 1.62 bits per heavy atom. The number of anilines is 2. The first kappa shape index (κ1) is 17.7. The average molecular weight is 327 g/mol. The van der Waals surface area contributed by atoms with Gasteiger partial charge in [-0.2, -0.15) is 0 Å². The van der Waals surface area contributed by atoms with Crippen LogP contribution in [0.4, 0.5) is 16.2 Å². The van der Waals surface area contributed by atoms with Crippen molar-refractivity contribution in [1.82, 2.24) is 5.32 Å². The van der Waals surface area contributed by atoms with Crippen LogP contribution in [0, 0.1) is 0 Å². The van der Waals surface area contributed by atoms with Gasteiger partial charge in [-0.05, 0) is 62.2 Å². The molecule has 0 heterocycles. The first-order chi connectivity index (χ1) is 11.6. The van der Waals surface area contributed by atoms with Crippen LogP contribution in [0.5, 0.6) is 5.75 Å². The lowest BCUT2D eigenvalue weighted by molar-refractivity contribution is 0.250. The highest BCUT2D eigenvalue weighted by Gasteiger charge is 2.03. The Morgan fingerprint density at radius 1 is 1.00 bits per heavy atom. The van der Waals surface area contributed by atoms with Gasteiger partial charge in [-0.25, -0.2) is 4.79 Å². The van der Waals surface area contributed by atoms with Gasteiger partial charge >= 0.3 is 6.03 Å². The molecule has 0 aliphatic carbocycles. The Bertz CT molecular complexity index is 637. The van der Waals surface area contributed by atoms with Crippen LogP contribution in [0.15, 0.2) is 48.5 Å². The SMILES string of the molecule is COc1ccc(CCNc2ccc(NC(=O)NC(C)C)cc2)cc1. The fourth-order valence-corrected chi connectivity index (χ4v) is 2.24. The van der Waals surface area contributed by atoms with Crippen molar-refractivity contribution in [3.05, 3.63) is 54.1 Å². The van der Waals surface area contributed by atoms with Gasteiger partial charge in [0.25, 0.3) is 0 Å². The van der Waals surface area contributed by atoms with E-state index in [-0.39, 0.29) is 12.1 Å². The maximum Gasteiger partial charge on any atom is 0.319 e. The van der Waals surface area contributed by atoms with E-state index in [2.05, 4.69) is 28.1 Å². The Hall–Kier alpha value is -2.69. The molecule has 2 rings (SSSR count). The van der Waals surface area contributed by atoms with Crippen LogP contribution in [0.1, 0.15) is 19.4 Å². The number of carbonyl (C=O) groups excluding carboxylic acids is 1. The number of carbonyl (C=O) groups is 1. The number of methoxy groups -OCH3 is 1. The van der Waals surface area contributed by atoms with Gasteiger partial charge in [0, 0.05) is 24.0 Å². The molecule has 3 N–H and O–H groups in total. The largest absolute Gasteiger partial charge is 0.497 e. The van der Waals surface area contributed by atoms with E-state index in [9.17, 15) is 4.79 Å². The summed E-state index contributed by atoms with van der Waals surface area (Å²) in [5.41, 5.74) is 3.05. The average Bonchev–Trinajstić information content (AvgIpc) is 2.56. The Morgan fingerprint density at radius 3 is 2.21 bits per heavy atom. The van der Waals surface area contributed by atoms with Gasteiger partial charge in [0.1, 0.15) is 5.75 Å². The highest BCUT2D eigenvalue weighted by Crippen LogP contribution is 2.15. The molecule has 0 saturated carbocycles. The summed E-state index contributed by atoms with van der Waals surface area (Å²) in [6.07, 6.45) is 0.931. The molecule has 24 heavy (non-hydrogen) atoms. The Balaban J connectivity index is 1.77. The van der Waals surface area contributed by atoms with Gasteiger partial charge in [0.2, 0.25) is 0 Å². The molecule has 2 aromatic carbocycles. The molecule has 0 saturated heterocycles. The third-order valence-corrected chi connectivity index (χ3v) is 3.46. The lowest BCUT2D eigenvalue weighted by atomic mass is 10.1. The van der Waals surface area contributed by atoms with E-state index < -0.39 is 0 Å². The van der Waals surface area contributed by atoms with Crippen molar-refractivity contribution in [3.63, 3.8) is 0 Å². The molecule has 128 valence electrons. The molecule has 0 aromatic heterocycles. The summed E-state index contributed by atoms with van der Waals surface area (Å²) < 4.78 is 5.15. The van der Waals surface area contributed by atoms with E-state index in [1.54, 1.807) is 7.11 Å². The van der Waals surface area contributed by atoms with E-state index in [1.807, 2.05) is 50.2 Å². The second-order valence-electron chi connectivity index (χ2n) is 5.86. The molecule has 2 aromatic rings. The minimum absolute atomic E-state index is 0.115. The fraction of sp³-hybridized carbons (Fsp3) is 0.316. The summed E-state index contributed by atoms with van der Waals surface area (Å²) in [6, 6.07) is 15.7. The van der Waals surface area contributed by atoms with Crippen LogP contribution in [0.3, 0.4) is 0 Å². The van der Waals surface area contributed by atoms with E-state index in [1.165, 1.54) is 5.56 Å². The zero-order valence-electron chi connectivity index (χ0n) is 14.4. The number of benzene rings is 2. The maximum atomic E-state index is 11.6. The molecule has 5 nitrogen and oxygen atoms in total. The molecule has 0 spiro atoms. The lowest BCUT2D eigenvalue weighted by Gasteiger charge is -2.11. The minimum atomic E-state index is -0.190. The summed E-state index contributed by atoms with van der Waals surface area (Å²) in [7, 11) is 1.67. The first-order valence-corrected chi connectivity index (χ1v) is 8.11. The lowest BCUT2D eigenvalue weighted by Crippen LogP contribution is -2.34. The van der Waals surface area contributed by atoms with Crippen molar-refractivity contribution in [1.29, 1.82) is 0 Å². The van der Waals surface area contributed by atoms with Crippen LogP contribution in [0.2, 0.25) is 0 Å². The molecule has 0 radical (unpaired) electrons. The van der Waals surface area contributed by atoms with E-state index in [0.29, 0.717) is 0 Å². The molecule has 0 aliphatic heterocycles. The Kier molecular flexibility index (Phi) is 6.49. The van der Waals surface area contributed by atoms with Crippen LogP contribution < -0.4 is 20.7 Å². The van der Waals surface area contributed by atoms with Crippen molar-refractivity contribution < 1.29 is 9.53 Å². The van der Waals surface area contributed by atoms with Gasteiger partial charge in [0.15, 0.2) is 0 Å². The minimum Gasteiger partial charge on any atom is -0.497 e. The number of amides is 2. The Labute approximate surface area is 143 Å². The number of rotatable bonds is 7. The fourth-order valence-electron chi connectivity index (χ4n) is 2.24. The summed E-state index contributed by atoms with van der Waals surface area (Å²) in [5.74, 6) is 0.872. The first-order valence-electron chi connectivity index (χ1n) is 8.11. The van der Waals surface area contributed by atoms with Crippen molar-refractivity contribution >= 4 is 17.4 Å². The molecular formula is C19H25N3O2. The zero-order chi connectivity index (χ0) is 17.4. The van der Waals surface area contributed by atoms with Gasteiger partial charge < -0.3 is 20.7 Å². The zero-order valence-corrected chi connectivity index (χ0v) is 14.4. The second-order valence-corrected chi connectivity index (χ2v) is 5.86. The van der Waals surface area contributed by atoms with Crippen LogP contribution in [0.25, 0.3) is 0 Å². The number of hydrogen-bond donors (Lipinski definition) is 3. The smallest absolute Gasteiger partial charge is 0.319 e. The van der Waals surface area contributed by atoms with E-state index in [0.717, 1.165) is 30.1 Å². The second kappa shape index (κ2) is 8.82. The molecule has 2 amide bonds. The number of nitrogens with one attached hydrogen (secondary N) is 3.